The third-order valence-electron chi connectivity index (χ3n) is 2.96. The summed E-state index contributed by atoms with van der Waals surface area (Å²) in [7, 11) is 0. The van der Waals surface area contributed by atoms with Crippen molar-refractivity contribution in [1.82, 2.24) is 4.98 Å². The van der Waals surface area contributed by atoms with E-state index in [9.17, 15) is 18.0 Å². The van der Waals surface area contributed by atoms with E-state index >= 15 is 0 Å². The van der Waals surface area contributed by atoms with E-state index in [0.29, 0.717) is 17.0 Å². The van der Waals surface area contributed by atoms with Crippen molar-refractivity contribution in [2.24, 2.45) is 0 Å². The van der Waals surface area contributed by atoms with Crippen molar-refractivity contribution in [3.05, 3.63) is 41.3 Å². The molecule has 0 aliphatic heterocycles. The molecule has 7 heteroatoms. The van der Waals surface area contributed by atoms with Crippen molar-refractivity contribution < 1.29 is 27.1 Å². The minimum absolute atomic E-state index is 0.0622. The van der Waals surface area contributed by atoms with E-state index in [0.717, 1.165) is 12.1 Å². The zero-order chi connectivity index (χ0) is 18.3. The summed E-state index contributed by atoms with van der Waals surface area (Å²) in [5.74, 6) is 0.0691. The predicted octanol–water partition coefficient (Wildman–Crippen LogP) is 4.80. The average Bonchev–Trinajstić information content (AvgIpc) is 2.90. The monoisotopic (exact) mass is 343 g/mol. The van der Waals surface area contributed by atoms with Gasteiger partial charge in [-0.25, -0.2) is 4.98 Å². The van der Waals surface area contributed by atoms with E-state index < -0.39 is 17.7 Å². The van der Waals surface area contributed by atoms with Crippen LogP contribution >= 0.6 is 0 Å². The number of oxazole rings is 1. The molecule has 0 N–H and O–H groups in total. The molecule has 0 fully saturated rings. The van der Waals surface area contributed by atoms with E-state index in [2.05, 4.69) is 4.98 Å². The third kappa shape index (κ3) is 5.11. The third-order valence-corrected chi connectivity index (χ3v) is 2.96. The summed E-state index contributed by atoms with van der Waals surface area (Å²) in [4.78, 5) is 15.6. The Kier molecular flexibility index (Phi) is 7.00. The highest BCUT2D eigenvalue weighted by Gasteiger charge is 2.30. The van der Waals surface area contributed by atoms with Crippen LogP contribution in [0.2, 0.25) is 0 Å². The summed E-state index contributed by atoms with van der Waals surface area (Å²) in [6.07, 6.45) is -4.45. The van der Waals surface area contributed by atoms with Gasteiger partial charge in [0.1, 0.15) is 12.2 Å². The number of esters is 1. The Balaban J connectivity index is 0.00000139. The van der Waals surface area contributed by atoms with Gasteiger partial charge in [0.25, 0.3) is 0 Å². The van der Waals surface area contributed by atoms with Gasteiger partial charge in [-0.2, -0.15) is 13.2 Å². The van der Waals surface area contributed by atoms with Crippen LogP contribution in [0.1, 0.15) is 37.8 Å². The van der Waals surface area contributed by atoms with Crippen molar-refractivity contribution in [2.45, 2.75) is 40.3 Å². The standard InChI is InChI=1S/C15H14F3NO3.C2H6/c1-3-21-13(20)8-12-9(2)19-14(22-12)10-4-6-11(7-5-10)15(16,17)18;1-2/h4-7H,3,8H2,1-2H3;1-2H3. The molecule has 2 aromatic rings. The van der Waals surface area contributed by atoms with E-state index in [1.54, 1.807) is 13.8 Å². The molecule has 132 valence electrons. The van der Waals surface area contributed by atoms with Crippen LogP contribution in [-0.4, -0.2) is 17.6 Å². The average molecular weight is 343 g/mol. The van der Waals surface area contributed by atoms with Crippen LogP contribution in [0.4, 0.5) is 13.2 Å². The number of nitrogens with zero attached hydrogens (tertiary/aromatic N) is 1. The van der Waals surface area contributed by atoms with Gasteiger partial charge in [-0.1, -0.05) is 13.8 Å². The molecule has 2 rings (SSSR count). The zero-order valence-electron chi connectivity index (χ0n) is 14.0. The van der Waals surface area contributed by atoms with Gasteiger partial charge in [-0.3, -0.25) is 4.79 Å². The second kappa shape index (κ2) is 8.52. The fourth-order valence-corrected chi connectivity index (χ4v) is 1.86. The van der Waals surface area contributed by atoms with Gasteiger partial charge < -0.3 is 9.15 Å². The van der Waals surface area contributed by atoms with Gasteiger partial charge in [-0.15, -0.1) is 0 Å². The van der Waals surface area contributed by atoms with Crippen LogP contribution in [0.5, 0.6) is 0 Å². The molecule has 0 aliphatic carbocycles. The molecule has 1 aromatic carbocycles. The number of aromatic nitrogens is 1. The zero-order valence-corrected chi connectivity index (χ0v) is 14.0. The number of halogens is 3. The molecule has 1 heterocycles. The Labute approximate surface area is 138 Å². The first-order chi connectivity index (χ1) is 11.3. The second-order valence-corrected chi connectivity index (χ2v) is 4.58. The maximum Gasteiger partial charge on any atom is 0.416 e. The predicted molar refractivity (Wildman–Crippen MR) is 83.4 cm³/mol. The Morgan fingerprint density at radius 3 is 2.29 bits per heavy atom. The molecule has 1 aromatic heterocycles. The van der Waals surface area contributed by atoms with Gasteiger partial charge in [0.15, 0.2) is 0 Å². The van der Waals surface area contributed by atoms with Crippen LogP contribution in [0.25, 0.3) is 11.5 Å². The summed E-state index contributed by atoms with van der Waals surface area (Å²) < 4.78 is 47.8. The quantitative estimate of drug-likeness (QED) is 0.748. The van der Waals surface area contributed by atoms with Gasteiger partial charge in [0, 0.05) is 5.56 Å². The lowest BCUT2D eigenvalue weighted by Gasteiger charge is -2.06. The number of carbonyl (C=O) groups excluding carboxylic acids is 1. The molecular weight excluding hydrogens is 323 g/mol. The fourth-order valence-electron chi connectivity index (χ4n) is 1.86. The lowest BCUT2D eigenvalue weighted by Crippen LogP contribution is -2.07. The van der Waals surface area contributed by atoms with Crippen molar-refractivity contribution in [3.63, 3.8) is 0 Å². The first kappa shape index (κ1) is 19.7. The van der Waals surface area contributed by atoms with Crippen LogP contribution < -0.4 is 0 Å². The summed E-state index contributed by atoms with van der Waals surface area (Å²) in [5, 5.41) is 0. The number of aryl methyl sites for hydroxylation is 1. The summed E-state index contributed by atoms with van der Waals surface area (Å²) in [6, 6.07) is 4.48. The highest BCUT2D eigenvalue weighted by Crippen LogP contribution is 2.31. The molecule has 0 radical (unpaired) electrons. The van der Waals surface area contributed by atoms with Crippen molar-refractivity contribution in [3.8, 4) is 11.5 Å². The lowest BCUT2D eigenvalue weighted by atomic mass is 10.1. The maximum atomic E-state index is 12.5. The molecule has 0 unspecified atom stereocenters. The van der Waals surface area contributed by atoms with Crippen molar-refractivity contribution >= 4 is 5.97 Å². The van der Waals surface area contributed by atoms with Crippen molar-refractivity contribution in [1.29, 1.82) is 0 Å². The van der Waals surface area contributed by atoms with E-state index in [-0.39, 0.29) is 18.9 Å². The van der Waals surface area contributed by atoms with Crippen molar-refractivity contribution in [2.75, 3.05) is 6.61 Å². The number of hydrogen-bond acceptors (Lipinski definition) is 4. The smallest absolute Gasteiger partial charge is 0.416 e. The topological polar surface area (TPSA) is 52.3 Å². The molecular formula is C17H20F3NO3. The Morgan fingerprint density at radius 1 is 1.21 bits per heavy atom. The summed E-state index contributed by atoms with van der Waals surface area (Å²) in [6.45, 7) is 7.61. The van der Waals surface area contributed by atoms with E-state index in [1.165, 1.54) is 12.1 Å². The summed E-state index contributed by atoms with van der Waals surface area (Å²) >= 11 is 0. The highest BCUT2D eigenvalue weighted by atomic mass is 19.4. The summed E-state index contributed by atoms with van der Waals surface area (Å²) in [5.41, 5.74) is 0.167. The largest absolute Gasteiger partial charge is 0.466 e. The number of alkyl halides is 3. The molecule has 0 atom stereocenters. The number of hydrogen-bond donors (Lipinski definition) is 0. The highest BCUT2D eigenvalue weighted by molar-refractivity contribution is 5.72. The normalized spacial score (nSPS) is 10.8. The number of carbonyl (C=O) groups is 1. The molecule has 0 bridgehead atoms. The van der Waals surface area contributed by atoms with Gasteiger partial charge in [0.05, 0.1) is 17.9 Å². The first-order valence-electron chi connectivity index (χ1n) is 7.60. The Morgan fingerprint density at radius 2 is 1.79 bits per heavy atom. The molecule has 24 heavy (non-hydrogen) atoms. The molecule has 0 aliphatic rings. The van der Waals surface area contributed by atoms with Crippen LogP contribution in [-0.2, 0) is 22.1 Å². The minimum Gasteiger partial charge on any atom is -0.466 e. The molecule has 4 nitrogen and oxygen atoms in total. The molecule has 0 saturated carbocycles. The number of rotatable bonds is 4. The van der Waals surface area contributed by atoms with Crippen LogP contribution in [0, 0.1) is 6.92 Å². The maximum absolute atomic E-state index is 12.5. The number of ether oxygens (including phenoxy) is 1. The molecule has 0 saturated heterocycles. The molecule has 0 amide bonds. The van der Waals surface area contributed by atoms with E-state index in [4.69, 9.17) is 9.15 Å². The van der Waals surface area contributed by atoms with E-state index in [1.807, 2.05) is 13.8 Å². The molecule has 0 spiro atoms. The van der Waals surface area contributed by atoms with Gasteiger partial charge >= 0.3 is 12.1 Å². The first-order valence-corrected chi connectivity index (χ1v) is 7.60. The Bertz CT molecular complexity index is 661. The van der Waals surface area contributed by atoms with Crippen LogP contribution in [0.3, 0.4) is 0 Å². The fraction of sp³-hybridized carbons (Fsp3) is 0.412. The van der Waals surface area contributed by atoms with Gasteiger partial charge in [0.2, 0.25) is 5.89 Å². The lowest BCUT2D eigenvalue weighted by molar-refractivity contribution is -0.142. The van der Waals surface area contributed by atoms with Crippen LogP contribution in [0.15, 0.2) is 28.7 Å². The number of benzene rings is 1. The Hall–Kier alpha value is -2.31. The second-order valence-electron chi connectivity index (χ2n) is 4.58. The minimum atomic E-state index is -4.39. The SMILES string of the molecule is CC.CCOC(=O)Cc1oc(-c2ccc(C(F)(F)F)cc2)nc1C. The van der Waals surface area contributed by atoms with Gasteiger partial charge in [-0.05, 0) is 38.1 Å².